The van der Waals surface area contributed by atoms with Crippen molar-refractivity contribution in [2.75, 3.05) is 0 Å². The normalized spacial score (nSPS) is 22.0. The highest BCUT2D eigenvalue weighted by Gasteiger charge is 2.40. The Balaban J connectivity index is 1.86. The molecule has 4 nitrogen and oxygen atoms in total. The summed E-state index contributed by atoms with van der Waals surface area (Å²) in [5.41, 5.74) is 4.11. The van der Waals surface area contributed by atoms with Crippen molar-refractivity contribution in [3.05, 3.63) is 51.8 Å². The number of hydrogen-bond donors (Lipinski definition) is 0. The summed E-state index contributed by atoms with van der Waals surface area (Å²) >= 11 is 0. The molecule has 0 aromatic carbocycles. The Morgan fingerprint density at radius 1 is 1.21 bits per heavy atom. The van der Waals surface area contributed by atoms with Crippen molar-refractivity contribution in [2.24, 2.45) is 5.92 Å². The highest BCUT2D eigenvalue weighted by atomic mass is 16.1. The summed E-state index contributed by atoms with van der Waals surface area (Å²) in [7, 11) is 0. The number of pyridine rings is 2. The van der Waals surface area contributed by atoms with E-state index in [0.717, 1.165) is 46.9 Å². The van der Waals surface area contributed by atoms with E-state index in [-0.39, 0.29) is 5.56 Å². The van der Waals surface area contributed by atoms with E-state index in [0.29, 0.717) is 17.8 Å². The second-order valence-electron chi connectivity index (χ2n) is 7.75. The Kier molecular flexibility index (Phi) is 2.88. The van der Waals surface area contributed by atoms with Crippen molar-refractivity contribution in [1.29, 1.82) is 0 Å². The average Bonchev–Trinajstić information content (AvgIpc) is 3.17. The maximum atomic E-state index is 12.7. The first-order valence-electron chi connectivity index (χ1n) is 8.96. The van der Waals surface area contributed by atoms with Crippen LogP contribution in [0.2, 0.25) is 0 Å². The minimum Gasteiger partial charge on any atom is -0.304 e. The number of fused-ring (bicyclic) bond motifs is 9. The predicted molar refractivity (Wildman–Crippen MR) is 94.6 cm³/mol. The van der Waals surface area contributed by atoms with Gasteiger partial charge in [0, 0.05) is 46.0 Å². The molecule has 2 bridgehead atoms. The second kappa shape index (κ2) is 4.88. The molecule has 2 aliphatic rings. The van der Waals surface area contributed by atoms with Gasteiger partial charge in [-0.15, -0.1) is 0 Å². The molecule has 0 N–H and O–H groups in total. The van der Waals surface area contributed by atoms with Gasteiger partial charge < -0.3 is 4.40 Å². The molecule has 3 heterocycles. The first-order valence-corrected chi connectivity index (χ1v) is 8.96. The summed E-state index contributed by atoms with van der Waals surface area (Å²) in [5.74, 6) is 1.51. The maximum absolute atomic E-state index is 12.7. The van der Waals surface area contributed by atoms with Crippen molar-refractivity contribution in [3.63, 3.8) is 0 Å². The Morgan fingerprint density at radius 2 is 2.04 bits per heavy atom. The van der Waals surface area contributed by atoms with E-state index in [4.69, 9.17) is 0 Å². The quantitative estimate of drug-likeness (QED) is 0.675. The van der Waals surface area contributed by atoms with Crippen molar-refractivity contribution >= 4 is 16.4 Å². The average molecular weight is 319 g/mol. The van der Waals surface area contributed by atoms with Gasteiger partial charge in [0.15, 0.2) is 0 Å². The van der Waals surface area contributed by atoms with Gasteiger partial charge in [-0.25, -0.2) is 0 Å². The Labute approximate surface area is 140 Å². The molecular weight excluding hydrogens is 298 g/mol. The van der Waals surface area contributed by atoms with E-state index in [1.165, 1.54) is 12.1 Å². The summed E-state index contributed by atoms with van der Waals surface area (Å²) < 4.78 is 2.18. The third-order valence-electron chi connectivity index (χ3n) is 5.73. The van der Waals surface area contributed by atoms with Gasteiger partial charge in [-0.05, 0) is 49.7 Å². The molecule has 4 heteroatoms. The SMILES string of the molecule is CC(C)Cc1nccc2c1ccn1c3c(c(=O)nc21)C1CCC3C1. The van der Waals surface area contributed by atoms with E-state index in [1.807, 2.05) is 12.3 Å². The van der Waals surface area contributed by atoms with Crippen LogP contribution in [0.15, 0.2) is 29.3 Å². The fraction of sp³-hybridized carbons (Fsp3) is 0.450. The van der Waals surface area contributed by atoms with Crippen LogP contribution in [0.3, 0.4) is 0 Å². The van der Waals surface area contributed by atoms with E-state index >= 15 is 0 Å². The number of rotatable bonds is 2. The van der Waals surface area contributed by atoms with Crippen LogP contribution in [-0.4, -0.2) is 14.4 Å². The van der Waals surface area contributed by atoms with Gasteiger partial charge in [0.25, 0.3) is 5.56 Å². The van der Waals surface area contributed by atoms with Crippen LogP contribution in [0.25, 0.3) is 16.4 Å². The molecule has 5 rings (SSSR count). The van der Waals surface area contributed by atoms with Crippen LogP contribution < -0.4 is 5.56 Å². The third-order valence-corrected chi connectivity index (χ3v) is 5.73. The molecule has 1 fully saturated rings. The smallest absolute Gasteiger partial charge is 0.276 e. The van der Waals surface area contributed by atoms with Gasteiger partial charge in [0.2, 0.25) is 0 Å². The molecule has 3 aromatic rings. The molecule has 2 aliphatic carbocycles. The molecular formula is C20H21N3O. The van der Waals surface area contributed by atoms with E-state index in [9.17, 15) is 4.79 Å². The summed E-state index contributed by atoms with van der Waals surface area (Å²) in [6, 6.07) is 4.16. The van der Waals surface area contributed by atoms with E-state index in [2.05, 4.69) is 40.5 Å². The molecule has 0 spiro atoms. The molecule has 0 amide bonds. The Bertz CT molecular complexity index is 1030. The van der Waals surface area contributed by atoms with Crippen LogP contribution >= 0.6 is 0 Å². The lowest BCUT2D eigenvalue weighted by atomic mass is 9.96. The summed E-state index contributed by atoms with van der Waals surface area (Å²) in [6.45, 7) is 4.40. The van der Waals surface area contributed by atoms with E-state index in [1.54, 1.807) is 0 Å². The summed E-state index contributed by atoms with van der Waals surface area (Å²) in [5, 5.41) is 2.17. The lowest BCUT2D eigenvalue weighted by molar-refractivity contribution is 0.639. The number of aromatic nitrogens is 3. The van der Waals surface area contributed by atoms with Crippen molar-refractivity contribution in [3.8, 4) is 0 Å². The molecule has 0 aliphatic heterocycles. The zero-order valence-corrected chi connectivity index (χ0v) is 14.1. The Hall–Kier alpha value is -2.23. The van der Waals surface area contributed by atoms with Gasteiger partial charge in [-0.2, -0.15) is 4.98 Å². The first-order chi connectivity index (χ1) is 11.6. The topological polar surface area (TPSA) is 47.3 Å². The van der Waals surface area contributed by atoms with Crippen LogP contribution in [0.4, 0.5) is 0 Å². The zero-order valence-electron chi connectivity index (χ0n) is 14.1. The minimum absolute atomic E-state index is 0.00748. The lowest BCUT2D eigenvalue weighted by Crippen LogP contribution is -2.21. The predicted octanol–water partition coefficient (Wildman–Crippen LogP) is 3.81. The van der Waals surface area contributed by atoms with Crippen molar-refractivity contribution < 1.29 is 0 Å². The first kappa shape index (κ1) is 14.1. The lowest BCUT2D eigenvalue weighted by Gasteiger charge is -2.18. The second-order valence-corrected chi connectivity index (χ2v) is 7.75. The number of hydrogen-bond acceptors (Lipinski definition) is 3. The van der Waals surface area contributed by atoms with Crippen LogP contribution in [0, 0.1) is 5.92 Å². The van der Waals surface area contributed by atoms with Gasteiger partial charge in [0.1, 0.15) is 5.65 Å². The largest absolute Gasteiger partial charge is 0.304 e. The minimum atomic E-state index is -0.00748. The van der Waals surface area contributed by atoms with Crippen molar-refractivity contribution in [2.45, 2.75) is 51.4 Å². The third kappa shape index (κ3) is 1.83. The Morgan fingerprint density at radius 3 is 2.88 bits per heavy atom. The fourth-order valence-electron chi connectivity index (χ4n) is 4.79. The molecule has 2 unspecified atom stereocenters. The zero-order chi connectivity index (χ0) is 16.4. The van der Waals surface area contributed by atoms with Crippen molar-refractivity contribution in [1.82, 2.24) is 14.4 Å². The molecule has 0 saturated heterocycles. The summed E-state index contributed by atoms with van der Waals surface area (Å²) in [4.78, 5) is 21.7. The van der Waals surface area contributed by atoms with Gasteiger partial charge in [-0.3, -0.25) is 9.78 Å². The molecule has 122 valence electrons. The van der Waals surface area contributed by atoms with Crippen LogP contribution in [0.5, 0.6) is 0 Å². The van der Waals surface area contributed by atoms with Gasteiger partial charge in [0.05, 0.1) is 0 Å². The van der Waals surface area contributed by atoms with Gasteiger partial charge >= 0.3 is 0 Å². The molecule has 24 heavy (non-hydrogen) atoms. The highest BCUT2D eigenvalue weighted by molar-refractivity contribution is 5.95. The standard InChI is InChI=1S/C20H21N3O/c1-11(2)9-16-14-6-8-23-18-13-4-3-12(10-13)17(18)20(24)22-19(23)15(14)5-7-21-16/h5-8,11-13H,3-4,9-10H2,1-2H3. The monoisotopic (exact) mass is 319 g/mol. The molecule has 1 saturated carbocycles. The van der Waals surface area contributed by atoms with Crippen LogP contribution in [0.1, 0.15) is 61.9 Å². The highest BCUT2D eigenvalue weighted by Crippen LogP contribution is 2.51. The molecule has 0 radical (unpaired) electrons. The van der Waals surface area contributed by atoms with Crippen LogP contribution in [-0.2, 0) is 6.42 Å². The molecule has 2 atom stereocenters. The van der Waals surface area contributed by atoms with E-state index < -0.39 is 0 Å². The van der Waals surface area contributed by atoms with Gasteiger partial charge in [-0.1, -0.05) is 13.8 Å². The molecule has 3 aromatic heterocycles. The summed E-state index contributed by atoms with van der Waals surface area (Å²) in [6.07, 6.45) is 8.38. The number of nitrogens with zero attached hydrogens (tertiary/aromatic N) is 3. The maximum Gasteiger partial charge on any atom is 0.276 e. The fourth-order valence-corrected chi connectivity index (χ4v) is 4.79.